The summed E-state index contributed by atoms with van der Waals surface area (Å²) in [6.07, 6.45) is 2.04. The predicted molar refractivity (Wildman–Crippen MR) is 126 cm³/mol. The first-order valence-electron chi connectivity index (χ1n) is 11.1. The van der Waals surface area contributed by atoms with Crippen molar-refractivity contribution >= 4 is 29.3 Å². The third kappa shape index (κ3) is 5.88. The van der Waals surface area contributed by atoms with E-state index in [1.54, 1.807) is 36.4 Å². The van der Waals surface area contributed by atoms with E-state index in [4.69, 9.17) is 11.6 Å². The van der Waals surface area contributed by atoms with Gasteiger partial charge in [0.05, 0.1) is 10.6 Å². The number of benzene rings is 2. The van der Waals surface area contributed by atoms with E-state index in [1.165, 1.54) is 0 Å². The first-order valence-corrected chi connectivity index (χ1v) is 11.5. The van der Waals surface area contributed by atoms with Crippen LogP contribution >= 0.6 is 11.6 Å². The summed E-state index contributed by atoms with van der Waals surface area (Å²) < 4.78 is 0. The van der Waals surface area contributed by atoms with Gasteiger partial charge >= 0.3 is 0 Å². The van der Waals surface area contributed by atoms with Crippen molar-refractivity contribution in [3.05, 3.63) is 70.7 Å². The molecule has 0 aromatic heterocycles. The molecule has 170 valence electrons. The predicted octanol–water partition coefficient (Wildman–Crippen LogP) is 3.91. The average molecular weight is 456 g/mol. The Morgan fingerprint density at radius 2 is 1.62 bits per heavy atom. The molecule has 2 aromatic carbocycles. The second-order valence-corrected chi connectivity index (χ2v) is 8.65. The number of hydrogen-bond acceptors (Lipinski definition) is 3. The SMILES string of the molecule is CC[C@H](C)NC(=O)[C@@H](NC(=O)c1ccccc1Cl)C1CCN(C(=O)c2ccccc2)CC1. The van der Waals surface area contributed by atoms with Crippen LogP contribution in [0.4, 0.5) is 0 Å². The van der Waals surface area contributed by atoms with E-state index in [2.05, 4.69) is 10.6 Å². The maximum atomic E-state index is 13.1. The summed E-state index contributed by atoms with van der Waals surface area (Å²) in [4.78, 5) is 40.5. The van der Waals surface area contributed by atoms with E-state index in [-0.39, 0.29) is 29.7 Å². The number of halogens is 1. The number of carbonyl (C=O) groups is 3. The molecule has 2 aromatic rings. The number of rotatable bonds is 7. The lowest BCUT2D eigenvalue weighted by Crippen LogP contribution is -2.55. The van der Waals surface area contributed by atoms with Crippen LogP contribution in [0.25, 0.3) is 0 Å². The Morgan fingerprint density at radius 1 is 1.00 bits per heavy atom. The zero-order valence-corrected chi connectivity index (χ0v) is 19.3. The van der Waals surface area contributed by atoms with Gasteiger partial charge in [-0.3, -0.25) is 14.4 Å². The number of carbonyl (C=O) groups excluding carboxylic acids is 3. The minimum absolute atomic E-state index is 0.00182. The molecule has 1 aliphatic rings. The highest BCUT2D eigenvalue weighted by Crippen LogP contribution is 2.24. The number of nitrogens with one attached hydrogen (secondary N) is 2. The van der Waals surface area contributed by atoms with Gasteiger partial charge in [-0.05, 0) is 56.4 Å². The Kier molecular flexibility index (Phi) is 8.28. The average Bonchev–Trinajstić information content (AvgIpc) is 2.82. The van der Waals surface area contributed by atoms with E-state index in [9.17, 15) is 14.4 Å². The maximum absolute atomic E-state index is 13.1. The third-order valence-corrected chi connectivity index (χ3v) is 6.34. The summed E-state index contributed by atoms with van der Waals surface area (Å²) >= 11 is 6.18. The molecule has 0 unspecified atom stereocenters. The first-order chi connectivity index (χ1) is 15.4. The minimum atomic E-state index is -0.693. The van der Waals surface area contributed by atoms with Gasteiger partial charge in [-0.1, -0.05) is 48.9 Å². The fourth-order valence-corrected chi connectivity index (χ4v) is 4.12. The van der Waals surface area contributed by atoms with Crippen LogP contribution in [0.3, 0.4) is 0 Å². The number of nitrogens with zero attached hydrogens (tertiary/aromatic N) is 1. The number of likely N-dealkylation sites (tertiary alicyclic amines) is 1. The Bertz CT molecular complexity index is 942. The third-order valence-electron chi connectivity index (χ3n) is 6.01. The van der Waals surface area contributed by atoms with Gasteiger partial charge in [0.1, 0.15) is 6.04 Å². The van der Waals surface area contributed by atoms with Gasteiger partial charge in [-0.15, -0.1) is 0 Å². The summed E-state index contributed by atoms with van der Waals surface area (Å²) in [6, 6.07) is 15.3. The highest BCUT2D eigenvalue weighted by molar-refractivity contribution is 6.33. The molecule has 0 spiro atoms. The standard InChI is InChI=1S/C25H30ClN3O3/c1-3-17(2)27-24(31)22(28-23(30)20-11-7-8-12-21(20)26)18-13-15-29(16-14-18)25(32)19-9-5-4-6-10-19/h4-12,17-18,22H,3,13-16H2,1-2H3,(H,27,31)(H,28,30)/t17-,22-/m0/s1. The molecule has 0 bridgehead atoms. The summed E-state index contributed by atoms with van der Waals surface area (Å²) in [7, 11) is 0. The van der Waals surface area contributed by atoms with Gasteiger partial charge in [-0.25, -0.2) is 0 Å². The smallest absolute Gasteiger partial charge is 0.253 e. The molecule has 1 heterocycles. The summed E-state index contributed by atoms with van der Waals surface area (Å²) in [5.74, 6) is -0.662. The van der Waals surface area contributed by atoms with Crippen molar-refractivity contribution in [2.75, 3.05) is 13.1 Å². The topological polar surface area (TPSA) is 78.5 Å². The molecule has 7 heteroatoms. The summed E-state index contributed by atoms with van der Waals surface area (Å²) in [6.45, 7) is 5.00. The lowest BCUT2D eigenvalue weighted by atomic mass is 9.88. The van der Waals surface area contributed by atoms with Crippen molar-refractivity contribution in [3.8, 4) is 0 Å². The van der Waals surface area contributed by atoms with Crippen molar-refractivity contribution < 1.29 is 14.4 Å². The molecule has 3 amide bonds. The fraction of sp³-hybridized carbons (Fsp3) is 0.400. The molecule has 32 heavy (non-hydrogen) atoms. The Hall–Kier alpha value is -2.86. The molecule has 2 atom stereocenters. The maximum Gasteiger partial charge on any atom is 0.253 e. The van der Waals surface area contributed by atoms with Crippen molar-refractivity contribution in [3.63, 3.8) is 0 Å². The number of amides is 3. The molecule has 0 aliphatic carbocycles. The molecular formula is C25H30ClN3O3. The van der Waals surface area contributed by atoms with Crippen LogP contribution in [0, 0.1) is 5.92 Å². The molecule has 1 fully saturated rings. The Balaban J connectivity index is 1.71. The molecule has 0 saturated carbocycles. The fourth-order valence-electron chi connectivity index (χ4n) is 3.90. The van der Waals surface area contributed by atoms with E-state index in [0.717, 1.165) is 6.42 Å². The lowest BCUT2D eigenvalue weighted by Gasteiger charge is -2.36. The minimum Gasteiger partial charge on any atom is -0.352 e. The second-order valence-electron chi connectivity index (χ2n) is 8.24. The first kappa shape index (κ1) is 23.8. The molecule has 6 nitrogen and oxygen atoms in total. The van der Waals surface area contributed by atoms with E-state index in [0.29, 0.717) is 42.1 Å². The van der Waals surface area contributed by atoms with Crippen LogP contribution in [0.15, 0.2) is 54.6 Å². The molecular weight excluding hydrogens is 426 g/mol. The van der Waals surface area contributed by atoms with Gasteiger partial charge in [0, 0.05) is 24.7 Å². The van der Waals surface area contributed by atoms with Crippen molar-refractivity contribution in [1.82, 2.24) is 15.5 Å². The van der Waals surface area contributed by atoms with Crippen LogP contribution < -0.4 is 10.6 Å². The molecule has 3 rings (SSSR count). The van der Waals surface area contributed by atoms with E-state index >= 15 is 0 Å². The normalized spacial score (nSPS) is 16.2. The van der Waals surface area contributed by atoms with Crippen LogP contribution in [-0.2, 0) is 4.79 Å². The van der Waals surface area contributed by atoms with E-state index in [1.807, 2.05) is 36.9 Å². The van der Waals surface area contributed by atoms with Crippen LogP contribution in [0.1, 0.15) is 53.8 Å². The summed E-state index contributed by atoms with van der Waals surface area (Å²) in [5, 5.41) is 6.24. The molecule has 1 saturated heterocycles. The van der Waals surface area contributed by atoms with Crippen LogP contribution in [0.2, 0.25) is 5.02 Å². The Labute approximate surface area is 194 Å². The summed E-state index contributed by atoms with van der Waals surface area (Å²) in [5.41, 5.74) is 0.997. The number of piperidine rings is 1. The van der Waals surface area contributed by atoms with E-state index < -0.39 is 6.04 Å². The van der Waals surface area contributed by atoms with Gasteiger partial charge in [0.25, 0.3) is 11.8 Å². The van der Waals surface area contributed by atoms with Gasteiger partial charge in [-0.2, -0.15) is 0 Å². The van der Waals surface area contributed by atoms with Crippen molar-refractivity contribution in [2.45, 2.75) is 45.2 Å². The zero-order valence-electron chi connectivity index (χ0n) is 18.5. The Morgan fingerprint density at radius 3 is 2.25 bits per heavy atom. The van der Waals surface area contributed by atoms with Gasteiger partial charge in [0.15, 0.2) is 0 Å². The van der Waals surface area contributed by atoms with Crippen molar-refractivity contribution in [2.24, 2.45) is 5.92 Å². The van der Waals surface area contributed by atoms with Crippen molar-refractivity contribution in [1.29, 1.82) is 0 Å². The number of hydrogen-bond donors (Lipinski definition) is 2. The molecule has 2 N–H and O–H groups in total. The molecule has 0 radical (unpaired) electrons. The largest absolute Gasteiger partial charge is 0.352 e. The van der Waals surface area contributed by atoms with Crippen LogP contribution in [0.5, 0.6) is 0 Å². The van der Waals surface area contributed by atoms with Gasteiger partial charge in [0.2, 0.25) is 5.91 Å². The van der Waals surface area contributed by atoms with Gasteiger partial charge < -0.3 is 15.5 Å². The quantitative estimate of drug-likeness (QED) is 0.664. The highest BCUT2D eigenvalue weighted by Gasteiger charge is 2.34. The highest BCUT2D eigenvalue weighted by atomic mass is 35.5. The molecule has 1 aliphatic heterocycles. The lowest BCUT2D eigenvalue weighted by molar-refractivity contribution is -0.125. The van der Waals surface area contributed by atoms with Crippen LogP contribution in [-0.4, -0.2) is 47.8 Å². The monoisotopic (exact) mass is 455 g/mol. The zero-order chi connectivity index (χ0) is 23.1. The second kappa shape index (κ2) is 11.1.